The van der Waals surface area contributed by atoms with Crippen LogP contribution in [-0.4, -0.2) is 28.7 Å². The Kier molecular flexibility index (Phi) is 6.72. The fourth-order valence-corrected chi connectivity index (χ4v) is 4.59. The van der Waals surface area contributed by atoms with E-state index in [9.17, 15) is 14.7 Å². The molecule has 5 rings (SSSR count). The molecule has 0 aliphatic rings. The SMILES string of the molecule is COc1cc(C(=O)O)ccc1Cn1ccc2ccc(NC(=O)C(c3ccccc3)c3ccccc3)cc21. The van der Waals surface area contributed by atoms with E-state index in [4.69, 9.17) is 4.74 Å². The monoisotopic (exact) mass is 490 g/mol. The predicted molar refractivity (Wildman–Crippen MR) is 144 cm³/mol. The van der Waals surface area contributed by atoms with Crippen molar-refractivity contribution in [2.45, 2.75) is 12.5 Å². The molecule has 0 unspecified atom stereocenters. The molecule has 6 heteroatoms. The number of fused-ring (bicyclic) bond motifs is 1. The van der Waals surface area contributed by atoms with Crippen molar-refractivity contribution < 1.29 is 19.4 Å². The maximum Gasteiger partial charge on any atom is 0.335 e. The summed E-state index contributed by atoms with van der Waals surface area (Å²) >= 11 is 0. The quantitative estimate of drug-likeness (QED) is 0.273. The van der Waals surface area contributed by atoms with E-state index < -0.39 is 11.9 Å². The second-order valence-corrected chi connectivity index (χ2v) is 8.79. The molecule has 0 spiro atoms. The minimum Gasteiger partial charge on any atom is -0.496 e. The summed E-state index contributed by atoms with van der Waals surface area (Å²) in [6, 6.07) is 32.2. The Bertz CT molecular complexity index is 1520. The van der Waals surface area contributed by atoms with Gasteiger partial charge in [0.15, 0.2) is 0 Å². The van der Waals surface area contributed by atoms with Gasteiger partial charge in [-0.3, -0.25) is 4.79 Å². The molecule has 37 heavy (non-hydrogen) atoms. The average molecular weight is 491 g/mol. The van der Waals surface area contributed by atoms with Gasteiger partial charge < -0.3 is 19.7 Å². The molecule has 1 amide bonds. The van der Waals surface area contributed by atoms with E-state index in [-0.39, 0.29) is 11.5 Å². The number of anilines is 1. The normalized spacial score (nSPS) is 11.0. The van der Waals surface area contributed by atoms with Crippen molar-refractivity contribution in [1.29, 1.82) is 0 Å². The second-order valence-electron chi connectivity index (χ2n) is 8.79. The molecule has 6 nitrogen and oxygen atoms in total. The van der Waals surface area contributed by atoms with Gasteiger partial charge in [0.05, 0.1) is 30.7 Å². The van der Waals surface area contributed by atoms with Gasteiger partial charge >= 0.3 is 5.97 Å². The van der Waals surface area contributed by atoms with Crippen molar-refractivity contribution in [3.63, 3.8) is 0 Å². The van der Waals surface area contributed by atoms with Gasteiger partial charge in [0.1, 0.15) is 5.75 Å². The Morgan fingerprint density at radius 2 is 1.54 bits per heavy atom. The first-order chi connectivity index (χ1) is 18.0. The summed E-state index contributed by atoms with van der Waals surface area (Å²) in [5.41, 5.74) is 4.52. The molecule has 0 radical (unpaired) electrons. The molecule has 184 valence electrons. The molecule has 0 aliphatic heterocycles. The van der Waals surface area contributed by atoms with Crippen LogP contribution in [0.1, 0.15) is 33.0 Å². The lowest BCUT2D eigenvalue weighted by Gasteiger charge is -2.18. The zero-order valence-corrected chi connectivity index (χ0v) is 20.3. The first kappa shape index (κ1) is 23.9. The van der Waals surface area contributed by atoms with Crippen molar-refractivity contribution in [3.8, 4) is 5.75 Å². The number of carbonyl (C=O) groups is 2. The van der Waals surface area contributed by atoms with Gasteiger partial charge in [0, 0.05) is 17.4 Å². The highest BCUT2D eigenvalue weighted by Gasteiger charge is 2.23. The van der Waals surface area contributed by atoms with Crippen LogP contribution in [0.4, 0.5) is 5.69 Å². The Hall–Kier alpha value is -4.84. The van der Waals surface area contributed by atoms with Crippen molar-refractivity contribution in [1.82, 2.24) is 4.57 Å². The van der Waals surface area contributed by atoms with E-state index in [2.05, 4.69) is 9.88 Å². The molecular formula is C31H26N2O4. The van der Waals surface area contributed by atoms with Crippen LogP contribution in [0.5, 0.6) is 5.75 Å². The summed E-state index contributed by atoms with van der Waals surface area (Å²) in [6.07, 6.45) is 1.97. The number of hydrogen-bond acceptors (Lipinski definition) is 3. The lowest BCUT2D eigenvalue weighted by atomic mass is 9.90. The summed E-state index contributed by atoms with van der Waals surface area (Å²) in [5, 5.41) is 13.4. The van der Waals surface area contributed by atoms with E-state index >= 15 is 0 Å². The summed E-state index contributed by atoms with van der Waals surface area (Å²) in [6.45, 7) is 0.487. The van der Waals surface area contributed by atoms with Crippen molar-refractivity contribution in [2.24, 2.45) is 0 Å². The molecule has 4 aromatic carbocycles. The van der Waals surface area contributed by atoms with Crippen LogP contribution in [-0.2, 0) is 11.3 Å². The van der Waals surface area contributed by atoms with Gasteiger partial charge in [-0.25, -0.2) is 4.79 Å². The van der Waals surface area contributed by atoms with Crippen LogP contribution >= 0.6 is 0 Å². The average Bonchev–Trinajstić information content (AvgIpc) is 3.32. The fourth-order valence-electron chi connectivity index (χ4n) is 4.59. The molecular weight excluding hydrogens is 464 g/mol. The predicted octanol–water partition coefficient (Wildman–Crippen LogP) is 6.17. The number of aromatic carboxylic acids is 1. The van der Waals surface area contributed by atoms with Gasteiger partial charge in [-0.1, -0.05) is 72.8 Å². The second kappa shape index (κ2) is 10.4. The Morgan fingerprint density at radius 1 is 0.865 bits per heavy atom. The summed E-state index contributed by atoms with van der Waals surface area (Å²) in [4.78, 5) is 24.9. The maximum absolute atomic E-state index is 13.6. The van der Waals surface area contributed by atoms with Gasteiger partial charge in [-0.2, -0.15) is 0 Å². The lowest BCUT2D eigenvalue weighted by Crippen LogP contribution is -2.22. The highest BCUT2D eigenvalue weighted by Crippen LogP contribution is 2.29. The molecule has 1 heterocycles. The van der Waals surface area contributed by atoms with Crippen LogP contribution in [0.3, 0.4) is 0 Å². The van der Waals surface area contributed by atoms with E-state index in [1.54, 1.807) is 12.1 Å². The van der Waals surface area contributed by atoms with Crippen LogP contribution < -0.4 is 10.1 Å². The number of methoxy groups -OCH3 is 1. The molecule has 0 aliphatic carbocycles. The fraction of sp³-hybridized carbons (Fsp3) is 0.0968. The number of hydrogen-bond donors (Lipinski definition) is 2. The molecule has 0 saturated carbocycles. The first-order valence-electron chi connectivity index (χ1n) is 11.9. The number of carbonyl (C=O) groups excluding carboxylic acids is 1. The van der Waals surface area contributed by atoms with E-state index in [0.717, 1.165) is 27.6 Å². The third-order valence-corrected chi connectivity index (χ3v) is 6.44. The van der Waals surface area contributed by atoms with E-state index in [1.165, 1.54) is 13.2 Å². The zero-order valence-electron chi connectivity index (χ0n) is 20.3. The highest BCUT2D eigenvalue weighted by molar-refractivity contribution is 5.99. The van der Waals surface area contributed by atoms with Crippen LogP contribution in [0, 0.1) is 0 Å². The Labute approximate surface area is 214 Å². The number of nitrogens with zero attached hydrogens (tertiary/aromatic N) is 1. The first-order valence-corrected chi connectivity index (χ1v) is 11.9. The number of aromatic nitrogens is 1. The standard InChI is InChI=1S/C31H26N2O4/c1-37-28-18-24(31(35)36)12-13-25(28)20-33-17-16-21-14-15-26(19-27(21)33)32-30(34)29(22-8-4-2-5-9-22)23-10-6-3-7-11-23/h2-19,29H,20H2,1H3,(H,32,34)(H,35,36). The number of ether oxygens (including phenoxy) is 1. The largest absolute Gasteiger partial charge is 0.496 e. The molecule has 0 atom stereocenters. The van der Waals surface area contributed by atoms with Crippen molar-refractivity contribution in [3.05, 3.63) is 132 Å². The van der Waals surface area contributed by atoms with Gasteiger partial charge in [-0.05, 0) is 46.8 Å². The third-order valence-electron chi connectivity index (χ3n) is 6.44. The number of carboxylic acids is 1. The van der Waals surface area contributed by atoms with Gasteiger partial charge in [0.25, 0.3) is 0 Å². The minimum absolute atomic E-state index is 0.110. The zero-order chi connectivity index (χ0) is 25.8. The van der Waals surface area contributed by atoms with Crippen LogP contribution in [0.2, 0.25) is 0 Å². The molecule has 0 bridgehead atoms. The number of amides is 1. The highest BCUT2D eigenvalue weighted by atomic mass is 16.5. The number of benzene rings is 4. The molecule has 1 aromatic heterocycles. The summed E-state index contributed by atoms with van der Waals surface area (Å²) < 4.78 is 7.50. The van der Waals surface area contributed by atoms with Crippen LogP contribution in [0.15, 0.2) is 109 Å². The topological polar surface area (TPSA) is 80.6 Å². The number of nitrogens with one attached hydrogen (secondary N) is 1. The maximum atomic E-state index is 13.6. The van der Waals surface area contributed by atoms with Crippen LogP contribution in [0.25, 0.3) is 10.9 Å². The Balaban J connectivity index is 1.44. The number of carboxylic acid groups (broad SMARTS) is 1. The third kappa shape index (κ3) is 5.09. The van der Waals surface area contributed by atoms with Gasteiger partial charge in [0.2, 0.25) is 5.91 Å². The summed E-state index contributed by atoms with van der Waals surface area (Å²) in [7, 11) is 1.53. The lowest BCUT2D eigenvalue weighted by molar-refractivity contribution is -0.116. The number of rotatable bonds is 8. The molecule has 0 saturated heterocycles. The molecule has 0 fully saturated rings. The molecule has 2 N–H and O–H groups in total. The van der Waals surface area contributed by atoms with Gasteiger partial charge in [-0.15, -0.1) is 0 Å². The summed E-state index contributed by atoms with van der Waals surface area (Å²) in [5.74, 6) is -1.04. The van der Waals surface area contributed by atoms with E-state index in [0.29, 0.717) is 18.0 Å². The van der Waals surface area contributed by atoms with Crippen molar-refractivity contribution >= 4 is 28.5 Å². The molecule has 5 aromatic rings. The smallest absolute Gasteiger partial charge is 0.335 e. The van der Waals surface area contributed by atoms with E-state index in [1.807, 2.05) is 91.1 Å². The minimum atomic E-state index is -0.999. The Morgan fingerprint density at radius 3 is 2.16 bits per heavy atom. The van der Waals surface area contributed by atoms with Crippen molar-refractivity contribution in [2.75, 3.05) is 12.4 Å².